The summed E-state index contributed by atoms with van der Waals surface area (Å²) in [5, 5.41) is 0. The average Bonchev–Trinajstić information content (AvgIpc) is 3.05. The van der Waals surface area contributed by atoms with Gasteiger partial charge in [-0.15, -0.1) is 0 Å². The number of piperidine rings is 1. The Morgan fingerprint density at radius 3 is 1.70 bits per heavy atom. The van der Waals surface area contributed by atoms with Gasteiger partial charge in [-0.3, -0.25) is 0 Å². The van der Waals surface area contributed by atoms with E-state index in [1.807, 2.05) is 91.8 Å². The molecule has 2 aliphatic heterocycles. The standard InChI is InChI=1S/2C20H27NO4/c2*1-14-6-7-16(13-17(14)18(22)24-5)12-15-8-10-21(11-9-15)19(23)25-20(2,3)4/h6-7,12-13H,8-11H2,1-5H3;6-8,13H,9-12H2,1-5H3. The first kappa shape index (κ1) is 39.8. The van der Waals surface area contributed by atoms with Crippen molar-refractivity contribution in [3.63, 3.8) is 0 Å². The molecule has 2 heterocycles. The van der Waals surface area contributed by atoms with Crippen molar-refractivity contribution in [3.05, 3.63) is 87.0 Å². The molecule has 50 heavy (non-hydrogen) atoms. The van der Waals surface area contributed by atoms with Crippen LogP contribution in [0.25, 0.3) is 6.08 Å². The number of ether oxygens (including phenoxy) is 4. The smallest absolute Gasteiger partial charge is 0.410 e. The molecule has 4 rings (SSSR count). The molecule has 10 nitrogen and oxygen atoms in total. The summed E-state index contributed by atoms with van der Waals surface area (Å²) in [6.07, 6.45) is 6.83. The van der Waals surface area contributed by atoms with E-state index in [1.54, 1.807) is 9.80 Å². The van der Waals surface area contributed by atoms with Crippen molar-refractivity contribution in [1.82, 2.24) is 9.80 Å². The molecule has 0 unspecified atom stereocenters. The highest BCUT2D eigenvalue weighted by atomic mass is 16.6. The quantitative estimate of drug-likeness (QED) is 0.176. The number of hydrogen-bond donors (Lipinski definition) is 0. The third kappa shape index (κ3) is 12.4. The van der Waals surface area contributed by atoms with Crippen LogP contribution in [0.4, 0.5) is 9.59 Å². The molecule has 2 aromatic rings. The van der Waals surface area contributed by atoms with Gasteiger partial charge in [-0.25, -0.2) is 19.2 Å². The molecule has 2 aromatic carbocycles. The number of methoxy groups -OCH3 is 2. The number of carbonyl (C=O) groups is 4. The monoisotopic (exact) mass is 690 g/mol. The van der Waals surface area contributed by atoms with E-state index in [9.17, 15) is 19.2 Å². The second-order valence-electron chi connectivity index (χ2n) is 14.7. The van der Waals surface area contributed by atoms with Gasteiger partial charge < -0.3 is 28.7 Å². The number of rotatable bonds is 5. The molecule has 0 bridgehead atoms. The summed E-state index contributed by atoms with van der Waals surface area (Å²) in [5.74, 6) is -0.634. The van der Waals surface area contributed by atoms with Gasteiger partial charge >= 0.3 is 24.1 Å². The van der Waals surface area contributed by atoms with Gasteiger partial charge in [0.1, 0.15) is 11.2 Å². The molecule has 0 aliphatic carbocycles. The van der Waals surface area contributed by atoms with Gasteiger partial charge in [-0.05, 0) is 115 Å². The van der Waals surface area contributed by atoms with Crippen molar-refractivity contribution >= 4 is 30.2 Å². The SMILES string of the molecule is COC(=O)c1cc(C=C2CCN(C(=O)OC(C)(C)C)CC2)ccc1C.COC(=O)c1cc(CC2=CCN(C(=O)OC(C)(C)C)CC2)ccc1C. The normalized spacial score (nSPS) is 14.8. The highest BCUT2D eigenvalue weighted by Crippen LogP contribution is 2.24. The lowest BCUT2D eigenvalue weighted by Gasteiger charge is -2.31. The van der Waals surface area contributed by atoms with Crippen molar-refractivity contribution in [1.29, 1.82) is 0 Å². The van der Waals surface area contributed by atoms with Gasteiger partial charge in [-0.1, -0.05) is 47.6 Å². The Balaban J connectivity index is 0.000000270. The number of amides is 2. The van der Waals surface area contributed by atoms with Gasteiger partial charge in [0.25, 0.3) is 0 Å². The number of likely N-dealkylation sites (tertiary alicyclic amines) is 1. The van der Waals surface area contributed by atoms with Crippen LogP contribution in [0.15, 0.2) is 53.6 Å². The van der Waals surface area contributed by atoms with Crippen LogP contribution in [0.2, 0.25) is 0 Å². The van der Waals surface area contributed by atoms with Crippen molar-refractivity contribution in [2.45, 2.75) is 92.3 Å². The van der Waals surface area contributed by atoms with Crippen molar-refractivity contribution < 1.29 is 38.1 Å². The molecule has 1 saturated heterocycles. The van der Waals surface area contributed by atoms with E-state index in [4.69, 9.17) is 18.9 Å². The van der Waals surface area contributed by atoms with Crippen LogP contribution < -0.4 is 0 Å². The Morgan fingerprint density at radius 1 is 0.700 bits per heavy atom. The Labute approximate surface area is 297 Å². The van der Waals surface area contributed by atoms with Crippen LogP contribution in [0.5, 0.6) is 0 Å². The molecule has 272 valence electrons. The maximum Gasteiger partial charge on any atom is 0.410 e. The average molecular weight is 691 g/mol. The van der Waals surface area contributed by atoms with E-state index < -0.39 is 11.2 Å². The predicted molar refractivity (Wildman–Crippen MR) is 194 cm³/mol. The van der Waals surface area contributed by atoms with E-state index in [1.165, 1.54) is 25.4 Å². The second-order valence-corrected chi connectivity index (χ2v) is 14.7. The fraction of sp³-hybridized carbons (Fsp3) is 0.500. The number of esters is 2. The van der Waals surface area contributed by atoms with Gasteiger partial charge in [0.2, 0.25) is 0 Å². The number of nitrogens with zero attached hydrogens (tertiary/aromatic N) is 2. The molecule has 1 fully saturated rings. The van der Waals surface area contributed by atoms with Crippen molar-refractivity contribution in [2.24, 2.45) is 0 Å². The van der Waals surface area contributed by atoms with Gasteiger partial charge in [0.05, 0.1) is 25.3 Å². The summed E-state index contributed by atoms with van der Waals surface area (Å²) >= 11 is 0. The van der Waals surface area contributed by atoms with Gasteiger partial charge in [-0.2, -0.15) is 0 Å². The van der Waals surface area contributed by atoms with E-state index in [0.717, 1.165) is 47.9 Å². The van der Waals surface area contributed by atoms with E-state index in [-0.39, 0.29) is 24.1 Å². The summed E-state index contributed by atoms with van der Waals surface area (Å²) in [6, 6.07) is 11.6. The summed E-state index contributed by atoms with van der Waals surface area (Å²) in [4.78, 5) is 51.3. The molecule has 0 N–H and O–H groups in total. The minimum Gasteiger partial charge on any atom is -0.465 e. The number of hydrogen-bond acceptors (Lipinski definition) is 8. The lowest BCUT2D eigenvalue weighted by Crippen LogP contribution is -2.40. The summed E-state index contributed by atoms with van der Waals surface area (Å²) in [7, 11) is 2.78. The van der Waals surface area contributed by atoms with Gasteiger partial charge in [0.15, 0.2) is 0 Å². The van der Waals surface area contributed by atoms with Crippen LogP contribution in [0, 0.1) is 13.8 Å². The minimum absolute atomic E-state index is 0.255. The second kappa shape index (κ2) is 17.4. The highest BCUT2D eigenvalue weighted by Gasteiger charge is 2.25. The lowest BCUT2D eigenvalue weighted by molar-refractivity contribution is 0.0233. The highest BCUT2D eigenvalue weighted by molar-refractivity contribution is 5.92. The molecule has 0 radical (unpaired) electrons. The molecule has 10 heteroatoms. The van der Waals surface area contributed by atoms with Crippen LogP contribution in [0.1, 0.15) is 104 Å². The van der Waals surface area contributed by atoms with Crippen LogP contribution in [-0.2, 0) is 25.4 Å². The van der Waals surface area contributed by atoms with Crippen LogP contribution in [0.3, 0.4) is 0 Å². The molecular weight excluding hydrogens is 636 g/mol. The topological polar surface area (TPSA) is 112 Å². The number of benzene rings is 2. The minimum atomic E-state index is -0.479. The molecule has 0 atom stereocenters. The van der Waals surface area contributed by atoms with Crippen LogP contribution >= 0.6 is 0 Å². The fourth-order valence-corrected chi connectivity index (χ4v) is 5.48. The number of aryl methyl sites for hydroxylation is 2. The first-order chi connectivity index (χ1) is 23.4. The van der Waals surface area contributed by atoms with Gasteiger partial charge in [0, 0.05) is 26.2 Å². The van der Waals surface area contributed by atoms with Crippen molar-refractivity contribution in [2.75, 3.05) is 40.4 Å². The summed E-state index contributed by atoms with van der Waals surface area (Å²) in [5.41, 5.74) is 6.62. The summed E-state index contributed by atoms with van der Waals surface area (Å²) < 4.78 is 20.5. The number of carbonyl (C=O) groups excluding carboxylic acids is 4. The van der Waals surface area contributed by atoms with Crippen molar-refractivity contribution in [3.8, 4) is 0 Å². The zero-order chi connectivity index (χ0) is 37.2. The zero-order valence-electron chi connectivity index (χ0n) is 31.4. The fourth-order valence-electron chi connectivity index (χ4n) is 5.48. The third-order valence-corrected chi connectivity index (χ3v) is 8.19. The van der Waals surface area contributed by atoms with E-state index in [0.29, 0.717) is 37.3 Å². The van der Waals surface area contributed by atoms with Crippen LogP contribution in [-0.4, -0.2) is 85.5 Å². The molecule has 0 spiro atoms. The molecule has 0 saturated carbocycles. The Bertz CT molecular complexity index is 1600. The zero-order valence-corrected chi connectivity index (χ0v) is 31.4. The lowest BCUT2D eigenvalue weighted by atomic mass is 9.96. The first-order valence-corrected chi connectivity index (χ1v) is 17.1. The van der Waals surface area contributed by atoms with E-state index in [2.05, 4.69) is 12.2 Å². The Morgan fingerprint density at radius 2 is 1.20 bits per heavy atom. The van der Waals surface area contributed by atoms with E-state index >= 15 is 0 Å². The Kier molecular flexibility index (Phi) is 13.8. The first-order valence-electron chi connectivity index (χ1n) is 17.1. The summed E-state index contributed by atoms with van der Waals surface area (Å²) in [6.45, 7) is 17.5. The predicted octanol–water partition coefficient (Wildman–Crippen LogP) is 8.09. The molecule has 0 aromatic heterocycles. The maximum atomic E-state index is 12.1. The molecule has 2 aliphatic rings. The Hall–Kier alpha value is -4.60. The third-order valence-electron chi connectivity index (χ3n) is 8.19. The molecular formula is C40H54N2O8. The largest absolute Gasteiger partial charge is 0.465 e. The molecule has 2 amide bonds. The maximum absolute atomic E-state index is 12.1.